The summed E-state index contributed by atoms with van der Waals surface area (Å²) in [6, 6.07) is 0. The van der Waals surface area contributed by atoms with Gasteiger partial charge in [-0.3, -0.25) is 4.79 Å². The molecule has 1 saturated carbocycles. The zero-order valence-corrected chi connectivity index (χ0v) is 34.7. The molecular formula is C33H67N4NaO16. The molecule has 2 aliphatic rings. The van der Waals surface area contributed by atoms with Gasteiger partial charge in [0.15, 0.2) is 6.29 Å². The summed E-state index contributed by atoms with van der Waals surface area (Å²) in [6.45, 7) is 9.55. The molecule has 1 saturated heterocycles. The normalized spacial score (nSPS) is 27.8. The van der Waals surface area contributed by atoms with E-state index >= 15 is 0 Å². The van der Waals surface area contributed by atoms with E-state index in [-0.39, 0.29) is 60.5 Å². The number of carbonyl (C=O) groups is 2. The largest absolute Gasteiger partial charge is 1.00 e. The number of methoxy groups -OCH3 is 2. The van der Waals surface area contributed by atoms with Crippen molar-refractivity contribution in [1.82, 2.24) is 5.32 Å². The van der Waals surface area contributed by atoms with Gasteiger partial charge in [0.25, 0.3) is 0 Å². The molecule has 11 N–H and O–H groups in total. The number of aliphatic hydroxyl groups excluding tert-OH is 4. The third kappa shape index (κ3) is 24.8. The second-order valence-corrected chi connectivity index (χ2v) is 12.3. The first kappa shape index (κ1) is 55.4. The minimum atomic E-state index is -1.32. The van der Waals surface area contributed by atoms with E-state index in [0.29, 0.717) is 92.1 Å². The van der Waals surface area contributed by atoms with E-state index in [9.17, 15) is 35.1 Å². The smallest absolute Gasteiger partial charge is 0.548 e. The Balaban J connectivity index is 0. The average molecular weight is 799 g/mol. The topological polar surface area (TPSA) is 311 Å². The van der Waals surface area contributed by atoms with Crippen LogP contribution in [0, 0.1) is 17.8 Å². The van der Waals surface area contributed by atoms with Crippen LogP contribution in [0.2, 0.25) is 0 Å². The third-order valence-electron chi connectivity index (χ3n) is 8.31. The number of carboxylic acid groups (broad SMARTS) is 1. The Morgan fingerprint density at radius 1 is 0.685 bits per heavy atom. The first-order valence-corrected chi connectivity index (χ1v) is 17.9. The van der Waals surface area contributed by atoms with Gasteiger partial charge in [0, 0.05) is 46.3 Å². The third-order valence-corrected chi connectivity index (χ3v) is 8.31. The monoisotopic (exact) mass is 798 g/mol. The summed E-state index contributed by atoms with van der Waals surface area (Å²) in [5.74, 6) is -2.05. The molecular weight excluding hydrogens is 731 g/mol. The van der Waals surface area contributed by atoms with Crippen molar-refractivity contribution in [3.05, 3.63) is 0 Å². The molecule has 0 radical (unpaired) electrons. The number of amides is 1. The van der Waals surface area contributed by atoms with Gasteiger partial charge in [0.2, 0.25) is 5.91 Å². The van der Waals surface area contributed by atoms with Gasteiger partial charge >= 0.3 is 29.6 Å². The SMILES string of the molecule is CO[C@@H]1CC(COCC(=O)NCCOCCOCCN)[C@@H](C)[C@H](O)C1O.CO[C@@H]1OC(COCC(=O)[O-])[C@@H](C)[C@H](O)C1O.NCCOCCOCCN.[Na+]. The number of nitrogens with two attached hydrogens (primary N) is 3. The molecule has 316 valence electrons. The first-order valence-electron chi connectivity index (χ1n) is 17.9. The Labute approximate surface area is 341 Å². The maximum absolute atomic E-state index is 11.7. The summed E-state index contributed by atoms with van der Waals surface area (Å²) in [4.78, 5) is 21.9. The predicted octanol–water partition coefficient (Wildman–Crippen LogP) is -8.07. The van der Waals surface area contributed by atoms with Gasteiger partial charge in [-0.15, -0.1) is 0 Å². The Hall–Kier alpha value is -0.700. The number of ether oxygens (including phenoxy) is 9. The van der Waals surface area contributed by atoms with Crippen LogP contribution < -0.4 is 57.2 Å². The molecule has 0 aromatic rings. The summed E-state index contributed by atoms with van der Waals surface area (Å²) in [5.41, 5.74) is 15.7. The van der Waals surface area contributed by atoms with Crippen molar-refractivity contribution in [2.24, 2.45) is 35.0 Å². The van der Waals surface area contributed by atoms with Crippen molar-refractivity contribution in [2.75, 3.05) is 120 Å². The van der Waals surface area contributed by atoms with Gasteiger partial charge in [0.05, 0.1) is 103 Å². The fourth-order valence-electron chi connectivity index (χ4n) is 5.14. The van der Waals surface area contributed by atoms with Crippen LogP contribution in [0.25, 0.3) is 0 Å². The standard InChI is InChI=1S/C17H34N2O7.C10H18O7.C6H16N2O2.Na/c1-12-13(9-14(23-2)17(22)16(12)21)10-26-11-15(20)19-4-6-25-8-7-24-5-3-18;1-5-6(3-16-4-7(11)12)17-10(15-2)9(14)8(5)13;7-1-3-9-5-6-10-4-2-8;/h12-14,16-17,21-22H,3-11,18H2,1-2H3,(H,19,20);5-6,8-10,13-14H,3-4H2,1-2H3,(H,11,12);1-8H2;/q;;;+1/p-1/t12-,13?,14-,16+,17?;5-,6?,8+,9?,10-;;/m11../s1. The van der Waals surface area contributed by atoms with Crippen LogP contribution in [0.5, 0.6) is 0 Å². The van der Waals surface area contributed by atoms with E-state index in [2.05, 4.69) is 5.32 Å². The second kappa shape index (κ2) is 35.5. The van der Waals surface area contributed by atoms with Crippen LogP contribution in [0.1, 0.15) is 20.3 Å². The molecule has 0 spiro atoms. The van der Waals surface area contributed by atoms with E-state index in [1.165, 1.54) is 14.2 Å². The summed E-state index contributed by atoms with van der Waals surface area (Å²) in [6.07, 6.45) is -5.22. The minimum absolute atomic E-state index is 0. The van der Waals surface area contributed by atoms with Crippen molar-refractivity contribution >= 4 is 11.9 Å². The maximum Gasteiger partial charge on any atom is 1.00 e. The van der Waals surface area contributed by atoms with Gasteiger partial charge in [-0.1, -0.05) is 13.8 Å². The molecule has 10 atom stereocenters. The molecule has 1 heterocycles. The van der Waals surface area contributed by atoms with Crippen LogP contribution in [-0.2, 0) is 52.2 Å². The van der Waals surface area contributed by atoms with Crippen molar-refractivity contribution < 1.29 is 107 Å². The predicted molar refractivity (Wildman–Crippen MR) is 187 cm³/mol. The molecule has 1 amide bonds. The van der Waals surface area contributed by atoms with E-state index in [1.807, 2.05) is 6.92 Å². The number of hydrogen-bond donors (Lipinski definition) is 8. The van der Waals surface area contributed by atoms with Crippen molar-refractivity contribution in [3.8, 4) is 0 Å². The molecule has 4 unspecified atom stereocenters. The van der Waals surface area contributed by atoms with Crippen LogP contribution in [0.3, 0.4) is 0 Å². The van der Waals surface area contributed by atoms with E-state index in [4.69, 9.17) is 59.8 Å². The van der Waals surface area contributed by atoms with Crippen LogP contribution in [-0.4, -0.2) is 195 Å². The van der Waals surface area contributed by atoms with Crippen molar-refractivity contribution in [2.45, 2.75) is 63.2 Å². The zero-order chi connectivity index (χ0) is 40.0. The zero-order valence-electron chi connectivity index (χ0n) is 32.7. The van der Waals surface area contributed by atoms with Crippen LogP contribution in [0.15, 0.2) is 0 Å². The molecule has 2 rings (SSSR count). The fraction of sp³-hybridized carbons (Fsp3) is 0.939. The van der Waals surface area contributed by atoms with Gasteiger partial charge in [-0.05, 0) is 18.3 Å². The number of rotatable bonds is 25. The molecule has 0 aromatic carbocycles. The quantitative estimate of drug-likeness (QED) is 0.0314. The Bertz CT molecular complexity index is 895. The Kier molecular flexibility index (Phi) is 36.4. The Morgan fingerprint density at radius 3 is 1.67 bits per heavy atom. The minimum Gasteiger partial charge on any atom is -0.548 e. The van der Waals surface area contributed by atoms with Gasteiger partial charge in [0.1, 0.15) is 18.8 Å². The number of aliphatic hydroxyl groups is 4. The van der Waals surface area contributed by atoms with Crippen molar-refractivity contribution in [3.63, 3.8) is 0 Å². The van der Waals surface area contributed by atoms with Gasteiger partial charge in [-0.2, -0.15) is 0 Å². The summed E-state index contributed by atoms with van der Waals surface area (Å²) in [7, 11) is 2.85. The summed E-state index contributed by atoms with van der Waals surface area (Å²) < 4.78 is 46.3. The molecule has 0 aromatic heterocycles. The number of carbonyl (C=O) groups excluding carboxylic acids is 2. The maximum atomic E-state index is 11.7. The van der Waals surface area contributed by atoms with Crippen molar-refractivity contribution in [1.29, 1.82) is 0 Å². The second-order valence-electron chi connectivity index (χ2n) is 12.3. The van der Waals surface area contributed by atoms with Gasteiger partial charge < -0.3 is 95.5 Å². The van der Waals surface area contributed by atoms with E-state index in [1.54, 1.807) is 6.92 Å². The number of carboxylic acids is 1. The number of hydrogen-bond acceptors (Lipinski definition) is 19. The Morgan fingerprint density at radius 2 is 1.19 bits per heavy atom. The van der Waals surface area contributed by atoms with E-state index in [0.717, 1.165) is 0 Å². The molecule has 54 heavy (non-hydrogen) atoms. The molecule has 20 nitrogen and oxygen atoms in total. The number of nitrogens with one attached hydrogen (secondary N) is 1. The summed E-state index contributed by atoms with van der Waals surface area (Å²) >= 11 is 0. The first-order chi connectivity index (χ1) is 25.4. The van der Waals surface area contributed by atoms with E-state index < -0.39 is 61.4 Å². The molecule has 21 heteroatoms. The van der Waals surface area contributed by atoms with Crippen LogP contribution in [0.4, 0.5) is 0 Å². The van der Waals surface area contributed by atoms with Crippen LogP contribution >= 0.6 is 0 Å². The number of aliphatic carboxylic acids is 1. The molecule has 1 aliphatic carbocycles. The fourth-order valence-corrected chi connectivity index (χ4v) is 5.14. The summed E-state index contributed by atoms with van der Waals surface area (Å²) in [5, 5.41) is 52.2. The average Bonchev–Trinajstić information content (AvgIpc) is 3.14. The molecule has 1 aliphatic heterocycles. The molecule has 2 fully saturated rings. The molecule has 0 bridgehead atoms. The van der Waals surface area contributed by atoms with Gasteiger partial charge in [-0.25, -0.2) is 0 Å².